The molecule has 0 fully saturated rings. The number of nitrogens with one attached hydrogen (secondary N) is 2. The number of amides is 1. The fourth-order valence-electron chi connectivity index (χ4n) is 4.92. The van der Waals surface area contributed by atoms with Crippen LogP contribution in [0.5, 0.6) is 0 Å². The van der Waals surface area contributed by atoms with Gasteiger partial charge in [-0.05, 0) is 34.8 Å². The maximum Gasteiger partial charge on any atom is 0.321 e. The molecule has 0 aliphatic heterocycles. The van der Waals surface area contributed by atoms with Gasteiger partial charge >= 0.3 is 5.97 Å². The molecule has 2 atom stereocenters. The second-order valence-electron chi connectivity index (χ2n) is 10.3. The predicted molar refractivity (Wildman–Crippen MR) is 158 cm³/mol. The van der Waals surface area contributed by atoms with Crippen LogP contribution in [-0.2, 0) is 14.8 Å². The minimum atomic E-state index is -4.49. The van der Waals surface area contributed by atoms with Crippen LogP contribution in [0.15, 0.2) is 108 Å². The highest BCUT2D eigenvalue weighted by atomic mass is 32.2. The van der Waals surface area contributed by atoms with Crippen molar-refractivity contribution < 1.29 is 27.5 Å². The minimum Gasteiger partial charge on any atom is -0.480 e. The number of furan rings is 1. The van der Waals surface area contributed by atoms with Gasteiger partial charge in [-0.2, -0.15) is 4.72 Å². The first kappa shape index (κ1) is 28.1. The molecule has 1 aromatic heterocycles. The summed E-state index contributed by atoms with van der Waals surface area (Å²) >= 11 is 0. The molecule has 0 saturated carbocycles. The van der Waals surface area contributed by atoms with Gasteiger partial charge in [-0.15, -0.1) is 0 Å². The van der Waals surface area contributed by atoms with Crippen molar-refractivity contribution in [3.05, 3.63) is 114 Å². The minimum absolute atomic E-state index is 0.0446. The van der Waals surface area contributed by atoms with Crippen LogP contribution in [0.3, 0.4) is 0 Å². The number of rotatable bonds is 9. The Hall–Kier alpha value is -4.47. The van der Waals surface area contributed by atoms with E-state index in [0.717, 1.165) is 16.7 Å². The normalized spacial score (nSPS) is 17.8. The Morgan fingerprint density at radius 2 is 1.51 bits per heavy atom. The van der Waals surface area contributed by atoms with Gasteiger partial charge < -0.3 is 14.8 Å². The number of para-hydroxylation sites is 1. The van der Waals surface area contributed by atoms with Gasteiger partial charge in [0.1, 0.15) is 11.6 Å². The molecule has 0 bridgehead atoms. The number of hydrogen-bond acceptors (Lipinski definition) is 5. The van der Waals surface area contributed by atoms with E-state index in [1.54, 1.807) is 38.1 Å². The van der Waals surface area contributed by atoms with E-state index in [1.165, 1.54) is 6.08 Å². The van der Waals surface area contributed by atoms with Crippen molar-refractivity contribution in [3.8, 4) is 11.1 Å². The molecule has 41 heavy (non-hydrogen) atoms. The number of fused-ring (bicyclic) bond motifs is 1. The molecule has 1 unspecified atom stereocenters. The molecule has 1 amide bonds. The van der Waals surface area contributed by atoms with Crippen LogP contribution in [0.1, 0.15) is 36.4 Å². The summed E-state index contributed by atoms with van der Waals surface area (Å²) in [5.74, 6) is -2.65. The SMILES string of the molecule is CC(C)[C@H](NS(=O)(=O)C1(NC(=O)c2oc3ccccc3c2-c2ccccc2)C=CC(c2ccccc2)=CC1)C(=O)O. The van der Waals surface area contributed by atoms with Crippen molar-refractivity contribution in [3.63, 3.8) is 0 Å². The molecule has 4 aromatic rings. The number of carbonyl (C=O) groups excluding carboxylic acids is 1. The molecule has 1 aliphatic rings. The summed E-state index contributed by atoms with van der Waals surface area (Å²) in [5, 5.41) is 13.1. The summed E-state index contributed by atoms with van der Waals surface area (Å²) in [6, 6.07) is 24.4. The van der Waals surface area contributed by atoms with E-state index in [9.17, 15) is 23.1 Å². The van der Waals surface area contributed by atoms with E-state index < -0.39 is 38.7 Å². The molecule has 9 heteroatoms. The maximum absolute atomic E-state index is 14.0. The third-order valence-electron chi connectivity index (χ3n) is 7.15. The molecule has 0 saturated heterocycles. The fourth-order valence-corrected chi connectivity index (χ4v) is 6.61. The van der Waals surface area contributed by atoms with E-state index in [1.807, 2.05) is 72.8 Å². The average Bonchev–Trinajstić information content (AvgIpc) is 3.37. The molecule has 210 valence electrons. The zero-order valence-corrected chi connectivity index (χ0v) is 23.4. The number of carbonyl (C=O) groups is 2. The molecular weight excluding hydrogens is 540 g/mol. The zero-order chi connectivity index (χ0) is 29.2. The summed E-state index contributed by atoms with van der Waals surface area (Å²) in [6.45, 7) is 3.22. The number of allylic oxidation sites excluding steroid dienone is 2. The largest absolute Gasteiger partial charge is 0.480 e. The molecule has 0 radical (unpaired) electrons. The molecule has 5 rings (SSSR count). The van der Waals surface area contributed by atoms with Crippen molar-refractivity contribution >= 4 is 38.4 Å². The van der Waals surface area contributed by atoms with Crippen molar-refractivity contribution in [2.45, 2.75) is 31.2 Å². The smallest absolute Gasteiger partial charge is 0.321 e. The van der Waals surface area contributed by atoms with Crippen LogP contribution in [-0.4, -0.2) is 36.3 Å². The summed E-state index contributed by atoms with van der Waals surface area (Å²) in [5.41, 5.74) is 3.39. The summed E-state index contributed by atoms with van der Waals surface area (Å²) < 4.78 is 36.3. The lowest BCUT2D eigenvalue weighted by molar-refractivity contribution is -0.140. The van der Waals surface area contributed by atoms with Crippen molar-refractivity contribution in [2.75, 3.05) is 0 Å². The van der Waals surface area contributed by atoms with Gasteiger partial charge in [0.15, 0.2) is 4.87 Å². The van der Waals surface area contributed by atoms with Gasteiger partial charge in [0.2, 0.25) is 15.8 Å². The number of benzene rings is 3. The van der Waals surface area contributed by atoms with Gasteiger partial charge in [0.05, 0.1) is 0 Å². The molecule has 3 aromatic carbocycles. The fraction of sp³-hybridized carbons (Fsp3) is 0.188. The lowest BCUT2D eigenvalue weighted by atomic mass is 9.96. The van der Waals surface area contributed by atoms with E-state index in [-0.39, 0.29) is 12.2 Å². The van der Waals surface area contributed by atoms with Crippen LogP contribution < -0.4 is 10.0 Å². The van der Waals surface area contributed by atoms with Crippen LogP contribution in [0.4, 0.5) is 0 Å². The molecule has 1 aliphatic carbocycles. The highest BCUT2D eigenvalue weighted by Crippen LogP contribution is 2.36. The summed E-state index contributed by atoms with van der Waals surface area (Å²) in [4.78, 5) is 23.9. The Labute approximate surface area is 238 Å². The second-order valence-corrected chi connectivity index (χ2v) is 12.2. The Balaban J connectivity index is 1.59. The van der Waals surface area contributed by atoms with Gasteiger partial charge in [0.25, 0.3) is 5.91 Å². The summed E-state index contributed by atoms with van der Waals surface area (Å²) in [6.07, 6.45) is 4.61. The van der Waals surface area contributed by atoms with Crippen LogP contribution in [0.2, 0.25) is 0 Å². The first-order chi connectivity index (χ1) is 19.6. The van der Waals surface area contributed by atoms with E-state index in [2.05, 4.69) is 10.0 Å². The standard InChI is InChI=1S/C32H30N2O6S/c1-21(2)28(31(36)37)34-41(38,39)32(19-17-23(18-20-32)22-11-5-3-6-12-22)33-30(35)29-27(24-13-7-4-8-14-24)25-15-9-10-16-26(25)40-29/h3-19,21,28,34H,20H2,1-2H3,(H,33,35)(H,36,37)/t28-,32?/m0/s1. The molecule has 1 heterocycles. The molecular formula is C32H30N2O6S. The number of sulfonamides is 1. The van der Waals surface area contributed by atoms with Crippen molar-refractivity contribution in [1.29, 1.82) is 0 Å². The highest BCUT2D eigenvalue weighted by molar-refractivity contribution is 7.91. The zero-order valence-electron chi connectivity index (χ0n) is 22.6. The van der Waals surface area contributed by atoms with E-state index in [0.29, 0.717) is 16.5 Å². The number of hydrogen-bond donors (Lipinski definition) is 3. The first-order valence-corrected chi connectivity index (χ1v) is 14.7. The molecule has 0 spiro atoms. The first-order valence-electron chi connectivity index (χ1n) is 13.2. The Bertz CT molecular complexity index is 1760. The van der Waals surface area contributed by atoms with Gasteiger partial charge in [0, 0.05) is 17.4 Å². The van der Waals surface area contributed by atoms with E-state index in [4.69, 9.17) is 4.42 Å². The van der Waals surface area contributed by atoms with Crippen LogP contribution in [0, 0.1) is 5.92 Å². The summed E-state index contributed by atoms with van der Waals surface area (Å²) in [7, 11) is -4.49. The van der Waals surface area contributed by atoms with Gasteiger partial charge in [-0.25, -0.2) is 8.42 Å². The molecule has 8 nitrogen and oxygen atoms in total. The quantitative estimate of drug-likeness (QED) is 0.241. The lowest BCUT2D eigenvalue weighted by Gasteiger charge is -2.34. The van der Waals surface area contributed by atoms with Crippen molar-refractivity contribution in [1.82, 2.24) is 10.0 Å². The predicted octanol–water partition coefficient (Wildman–Crippen LogP) is 5.60. The topological polar surface area (TPSA) is 126 Å². The highest BCUT2D eigenvalue weighted by Gasteiger charge is 2.46. The van der Waals surface area contributed by atoms with E-state index >= 15 is 0 Å². The Morgan fingerprint density at radius 1 is 0.902 bits per heavy atom. The number of carboxylic acid groups (broad SMARTS) is 1. The van der Waals surface area contributed by atoms with Crippen LogP contribution in [0.25, 0.3) is 27.7 Å². The number of aliphatic carboxylic acids is 1. The van der Waals surface area contributed by atoms with Crippen molar-refractivity contribution in [2.24, 2.45) is 5.92 Å². The third kappa shape index (κ3) is 5.46. The van der Waals surface area contributed by atoms with Gasteiger partial charge in [-0.1, -0.05) is 105 Å². The maximum atomic E-state index is 14.0. The molecule has 3 N–H and O–H groups in total. The lowest BCUT2D eigenvalue weighted by Crippen LogP contribution is -2.60. The average molecular weight is 571 g/mol. The van der Waals surface area contributed by atoms with Gasteiger partial charge in [-0.3, -0.25) is 9.59 Å². The van der Waals surface area contributed by atoms with Crippen LogP contribution >= 0.6 is 0 Å². The third-order valence-corrected chi connectivity index (χ3v) is 9.08. The number of carboxylic acids is 1. The monoisotopic (exact) mass is 570 g/mol. The Morgan fingerprint density at radius 3 is 2.10 bits per heavy atom. The Kier molecular flexibility index (Phi) is 7.66. The second kappa shape index (κ2) is 11.2.